The van der Waals surface area contributed by atoms with Crippen LogP contribution in [-0.4, -0.2) is 38.4 Å². The molecule has 0 N–H and O–H groups in total. The van der Waals surface area contributed by atoms with Gasteiger partial charge in [0, 0.05) is 29.7 Å². The fraction of sp³-hybridized carbons (Fsp3) is 0.273. The van der Waals surface area contributed by atoms with Gasteiger partial charge >= 0.3 is 11.9 Å². The fourth-order valence-electron chi connectivity index (χ4n) is 2.33. The first-order chi connectivity index (χ1) is 13.4. The summed E-state index contributed by atoms with van der Waals surface area (Å²) in [7, 11) is 0. The second kappa shape index (κ2) is 12.0. The second-order valence-electron chi connectivity index (χ2n) is 6.14. The van der Waals surface area contributed by atoms with Crippen LogP contribution in [-0.2, 0) is 37.6 Å². The molecule has 0 aliphatic carbocycles. The van der Waals surface area contributed by atoms with Crippen molar-refractivity contribution in [2.45, 2.75) is 13.8 Å². The third-order valence-electron chi connectivity index (χ3n) is 3.67. The molecule has 0 bridgehead atoms. The number of fused-ring (bicyclic) bond motifs is 1. The summed E-state index contributed by atoms with van der Waals surface area (Å²) >= 11 is 0. The van der Waals surface area contributed by atoms with Crippen molar-refractivity contribution in [3.05, 3.63) is 60.7 Å². The number of benzene rings is 2. The zero-order valence-corrected chi connectivity index (χ0v) is 18.0. The van der Waals surface area contributed by atoms with Crippen molar-refractivity contribution in [2.24, 2.45) is 0 Å². The van der Waals surface area contributed by atoms with E-state index in [1.165, 1.54) is 0 Å². The Hall–Kier alpha value is -2.70. The fourth-order valence-corrected chi connectivity index (χ4v) is 2.33. The van der Waals surface area contributed by atoms with Gasteiger partial charge in [0.2, 0.25) is 0 Å². The largest absolute Gasteiger partial charge is 0.489 e. The van der Waals surface area contributed by atoms with Gasteiger partial charge in [-0.3, -0.25) is 0 Å². The first-order valence-corrected chi connectivity index (χ1v) is 8.82. The van der Waals surface area contributed by atoms with E-state index in [1.807, 2.05) is 36.4 Å². The van der Waals surface area contributed by atoms with Gasteiger partial charge in [0.1, 0.15) is 37.9 Å². The predicted molar refractivity (Wildman–Crippen MR) is 106 cm³/mol. The summed E-state index contributed by atoms with van der Waals surface area (Å²) in [5.41, 5.74) is 0.682. The Kier molecular flexibility index (Phi) is 10.1. The minimum atomic E-state index is -0.449. The molecule has 0 unspecified atom stereocenters. The molecule has 0 atom stereocenters. The van der Waals surface area contributed by atoms with Crippen LogP contribution >= 0.6 is 0 Å². The van der Waals surface area contributed by atoms with Gasteiger partial charge in [-0.2, -0.15) is 0 Å². The molecule has 29 heavy (non-hydrogen) atoms. The Balaban J connectivity index is 0.00000420. The van der Waals surface area contributed by atoms with Crippen molar-refractivity contribution in [1.29, 1.82) is 0 Å². The predicted octanol–water partition coefficient (Wildman–Crippen LogP) is 3.83. The van der Waals surface area contributed by atoms with E-state index >= 15 is 0 Å². The maximum atomic E-state index is 11.4. The number of esters is 2. The van der Waals surface area contributed by atoms with Gasteiger partial charge in [-0.15, -0.1) is 0 Å². The molecular weight excluding hydrogens is 411 g/mol. The second-order valence-corrected chi connectivity index (χ2v) is 6.14. The Morgan fingerprint density at radius 2 is 1.17 bits per heavy atom. The number of carbonyl (C=O) groups excluding carboxylic acids is 2. The van der Waals surface area contributed by atoms with Crippen LogP contribution in [0.4, 0.5) is 0 Å². The van der Waals surface area contributed by atoms with Crippen LogP contribution in [0.15, 0.2) is 60.7 Å². The zero-order valence-electron chi connectivity index (χ0n) is 16.6. The zero-order chi connectivity index (χ0) is 20.5. The normalized spacial score (nSPS) is 9.86. The van der Waals surface area contributed by atoms with Crippen molar-refractivity contribution in [2.75, 3.05) is 26.4 Å². The molecule has 6 nitrogen and oxygen atoms in total. The number of hydrogen-bond acceptors (Lipinski definition) is 6. The standard InChI is InChI=1S/C22H24O6.V/c1-15(2)21(23)27-13-11-25-18-9-5-7-17-8-6-10-19(20(17)18)26-12-14-28-22(24)16(3)4;/h5-10H,1,3,11-14H2,2,4H3;. The van der Waals surface area contributed by atoms with Gasteiger partial charge in [0.25, 0.3) is 0 Å². The molecule has 0 fully saturated rings. The van der Waals surface area contributed by atoms with Crippen LogP contribution in [0.2, 0.25) is 0 Å². The Labute approximate surface area is 182 Å². The Morgan fingerprint density at radius 1 is 0.759 bits per heavy atom. The number of hydrogen-bond donors (Lipinski definition) is 0. The van der Waals surface area contributed by atoms with E-state index in [1.54, 1.807) is 13.8 Å². The average molecular weight is 435 g/mol. The summed E-state index contributed by atoms with van der Waals surface area (Å²) in [6.07, 6.45) is 0. The minimum Gasteiger partial charge on any atom is -0.489 e. The smallest absolute Gasteiger partial charge is 0.333 e. The topological polar surface area (TPSA) is 71.1 Å². The molecule has 0 heterocycles. The first kappa shape index (κ1) is 24.3. The third kappa shape index (κ3) is 7.33. The molecule has 0 aliphatic heterocycles. The Bertz CT molecular complexity index is 821. The number of rotatable bonds is 10. The van der Waals surface area contributed by atoms with E-state index in [4.69, 9.17) is 18.9 Å². The number of ether oxygens (including phenoxy) is 4. The molecule has 0 aromatic heterocycles. The summed E-state index contributed by atoms with van der Waals surface area (Å²) in [5.74, 6) is 0.321. The van der Waals surface area contributed by atoms with Crippen LogP contribution < -0.4 is 9.47 Å². The van der Waals surface area contributed by atoms with Gasteiger partial charge in [0.05, 0.1) is 5.39 Å². The molecule has 0 saturated carbocycles. The van der Waals surface area contributed by atoms with E-state index in [0.717, 1.165) is 10.8 Å². The Morgan fingerprint density at radius 3 is 1.55 bits per heavy atom. The van der Waals surface area contributed by atoms with E-state index in [9.17, 15) is 9.59 Å². The van der Waals surface area contributed by atoms with Gasteiger partial charge in [0.15, 0.2) is 0 Å². The molecule has 7 heteroatoms. The van der Waals surface area contributed by atoms with Gasteiger partial charge in [-0.25, -0.2) is 9.59 Å². The maximum absolute atomic E-state index is 11.4. The molecule has 153 valence electrons. The van der Waals surface area contributed by atoms with Crippen molar-refractivity contribution >= 4 is 22.7 Å². The summed E-state index contributed by atoms with van der Waals surface area (Å²) in [6, 6.07) is 11.3. The maximum Gasteiger partial charge on any atom is 0.333 e. The summed E-state index contributed by atoms with van der Waals surface area (Å²) in [4.78, 5) is 22.8. The molecule has 0 amide bonds. The molecule has 2 aromatic carbocycles. The summed E-state index contributed by atoms with van der Waals surface area (Å²) < 4.78 is 21.6. The van der Waals surface area contributed by atoms with Gasteiger partial charge in [-0.1, -0.05) is 37.4 Å². The van der Waals surface area contributed by atoms with E-state index < -0.39 is 11.9 Å². The molecule has 2 rings (SSSR count). The molecule has 0 aliphatic rings. The van der Waals surface area contributed by atoms with E-state index in [0.29, 0.717) is 22.6 Å². The first-order valence-electron chi connectivity index (χ1n) is 8.82. The summed E-state index contributed by atoms with van der Waals surface area (Å²) in [5, 5.41) is 1.73. The summed E-state index contributed by atoms with van der Waals surface area (Å²) in [6.45, 7) is 10.9. The third-order valence-corrected chi connectivity index (χ3v) is 3.67. The average Bonchev–Trinajstić information content (AvgIpc) is 2.67. The minimum absolute atomic E-state index is 0. The van der Waals surface area contributed by atoms with Crippen molar-refractivity contribution < 1.29 is 47.1 Å². The van der Waals surface area contributed by atoms with Gasteiger partial charge < -0.3 is 18.9 Å². The van der Waals surface area contributed by atoms with Crippen molar-refractivity contribution in [3.63, 3.8) is 0 Å². The molecular formula is C22H24O6V. The molecule has 1 radical (unpaired) electrons. The van der Waals surface area contributed by atoms with Crippen LogP contribution in [0.25, 0.3) is 10.8 Å². The molecule has 0 spiro atoms. The van der Waals surface area contributed by atoms with E-state index in [-0.39, 0.29) is 45.0 Å². The molecule has 2 aromatic rings. The van der Waals surface area contributed by atoms with E-state index in [2.05, 4.69) is 13.2 Å². The van der Waals surface area contributed by atoms with Crippen LogP contribution in [0.3, 0.4) is 0 Å². The van der Waals surface area contributed by atoms with Crippen molar-refractivity contribution in [3.8, 4) is 11.5 Å². The number of carbonyl (C=O) groups is 2. The van der Waals surface area contributed by atoms with Crippen molar-refractivity contribution in [1.82, 2.24) is 0 Å². The van der Waals surface area contributed by atoms with Crippen LogP contribution in [0.1, 0.15) is 13.8 Å². The SMILES string of the molecule is C=C(C)C(=O)OCCOc1cccc2cccc(OCCOC(=O)C(=C)C)c12.[V]. The quantitative estimate of drug-likeness (QED) is 0.321. The van der Waals surface area contributed by atoms with Crippen LogP contribution in [0.5, 0.6) is 11.5 Å². The van der Waals surface area contributed by atoms with Crippen LogP contribution in [0, 0.1) is 0 Å². The molecule has 0 saturated heterocycles. The van der Waals surface area contributed by atoms with Gasteiger partial charge in [-0.05, 0) is 31.4 Å². The monoisotopic (exact) mass is 435 g/mol.